The van der Waals surface area contributed by atoms with Gasteiger partial charge in [-0.3, -0.25) is 0 Å². The van der Waals surface area contributed by atoms with Gasteiger partial charge in [0, 0.05) is 11.6 Å². The third kappa shape index (κ3) is 1.24. The van der Waals surface area contributed by atoms with Crippen molar-refractivity contribution in [3.63, 3.8) is 0 Å². The molecule has 1 aromatic carbocycles. The zero-order valence-electron chi connectivity index (χ0n) is 6.62. The highest BCUT2D eigenvalue weighted by Crippen LogP contribution is 2.24. The van der Waals surface area contributed by atoms with E-state index in [-0.39, 0.29) is 5.56 Å². The van der Waals surface area contributed by atoms with Gasteiger partial charge in [-0.05, 0) is 6.92 Å². The maximum absolute atomic E-state index is 12.8. The van der Waals surface area contributed by atoms with Gasteiger partial charge in [0.1, 0.15) is 5.82 Å². The first-order chi connectivity index (χ1) is 5.57. The predicted octanol–water partition coefficient (Wildman–Crippen LogP) is 2.42. The highest BCUT2D eigenvalue weighted by Gasteiger charge is 2.15. The highest BCUT2D eigenvalue weighted by molar-refractivity contribution is 5.31. The van der Waals surface area contributed by atoms with Crippen molar-refractivity contribution in [1.29, 1.82) is 0 Å². The number of halogens is 3. The smallest absolute Gasteiger partial charge is 0.201 e. The van der Waals surface area contributed by atoms with Crippen LogP contribution in [0, 0.1) is 24.4 Å². The number of hydrogen-bond acceptors (Lipinski definition) is 1. The van der Waals surface area contributed by atoms with E-state index in [0.29, 0.717) is 0 Å². The molecule has 0 fully saturated rings. The molecule has 0 aliphatic rings. The maximum atomic E-state index is 12.8. The van der Waals surface area contributed by atoms with Gasteiger partial charge in [0.25, 0.3) is 0 Å². The average molecular weight is 176 g/mol. The Balaban J connectivity index is 3.39. The van der Waals surface area contributed by atoms with Crippen molar-refractivity contribution in [2.24, 2.45) is 0 Å². The van der Waals surface area contributed by atoms with Gasteiger partial charge in [0.2, 0.25) is 5.82 Å². The summed E-state index contributed by atoms with van der Waals surface area (Å²) in [4.78, 5) is 0. The van der Waals surface area contributed by atoms with Crippen LogP contribution in [0.2, 0.25) is 0 Å². The van der Waals surface area contributed by atoms with Gasteiger partial charge in [-0.25, -0.2) is 8.78 Å². The summed E-state index contributed by atoms with van der Waals surface area (Å²) in [6.45, 7) is 1.16. The average Bonchev–Trinajstić information content (AvgIpc) is 2.08. The Hall–Kier alpha value is -1.19. The number of benzene rings is 1. The van der Waals surface area contributed by atoms with E-state index in [1.54, 1.807) is 0 Å². The van der Waals surface area contributed by atoms with E-state index in [4.69, 9.17) is 0 Å². The first kappa shape index (κ1) is 8.90. The second kappa shape index (κ2) is 3.05. The van der Waals surface area contributed by atoms with Crippen molar-refractivity contribution in [2.45, 2.75) is 6.92 Å². The largest absolute Gasteiger partial charge is 0.493 e. The summed E-state index contributed by atoms with van der Waals surface area (Å²) in [5.41, 5.74) is -0.340. The fraction of sp³-hybridized carbons (Fsp3) is 0.250. The monoisotopic (exact) mass is 176 g/mol. The fourth-order valence-electron chi connectivity index (χ4n) is 0.813. The van der Waals surface area contributed by atoms with Gasteiger partial charge in [-0.1, -0.05) is 0 Å². The van der Waals surface area contributed by atoms with Crippen LogP contribution in [0.5, 0.6) is 5.75 Å². The zero-order valence-corrected chi connectivity index (χ0v) is 6.62. The summed E-state index contributed by atoms with van der Waals surface area (Å²) in [6, 6.07) is 0.813. The lowest BCUT2D eigenvalue weighted by Gasteiger charge is -2.05. The molecule has 1 nitrogen and oxygen atoms in total. The standard InChI is InChI=1S/C8H7F3O/c1-4-5(9)3-6(12-2)8(11)7(4)10/h3H,1-2H3. The van der Waals surface area contributed by atoms with Crippen LogP contribution in [0.4, 0.5) is 13.2 Å². The molecule has 0 bridgehead atoms. The van der Waals surface area contributed by atoms with Crippen molar-refractivity contribution in [3.05, 3.63) is 29.1 Å². The van der Waals surface area contributed by atoms with Crippen LogP contribution in [0.15, 0.2) is 6.07 Å². The summed E-state index contributed by atoms with van der Waals surface area (Å²) in [7, 11) is 1.15. The molecule has 0 amide bonds. The van der Waals surface area contributed by atoms with Crippen LogP contribution in [0.1, 0.15) is 5.56 Å². The Morgan fingerprint density at radius 2 is 1.75 bits per heavy atom. The molecule has 4 heteroatoms. The third-order valence-electron chi connectivity index (χ3n) is 1.57. The molecule has 0 aromatic heterocycles. The summed E-state index contributed by atoms with van der Waals surface area (Å²) in [5, 5.41) is 0. The van der Waals surface area contributed by atoms with Crippen molar-refractivity contribution >= 4 is 0 Å². The van der Waals surface area contributed by atoms with Gasteiger partial charge < -0.3 is 4.74 Å². The van der Waals surface area contributed by atoms with Crippen LogP contribution >= 0.6 is 0 Å². The normalized spacial score (nSPS) is 10.1. The molecule has 0 aliphatic carbocycles. The molecule has 1 aromatic rings. The molecule has 0 N–H and O–H groups in total. The molecular weight excluding hydrogens is 169 g/mol. The minimum atomic E-state index is -1.20. The van der Waals surface area contributed by atoms with Gasteiger partial charge in [0.05, 0.1) is 7.11 Å². The fourth-order valence-corrected chi connectivity index (χ4v) is 0.813. The Morgan fingerprint density at radius 3 is 2.25 bits per heavy atom. The van der Waals surface area contributed by atoms with Gasteiger partial charge in [-0.2, -0.15) is 4.39 Å². The molecule has 0 spiro atoms. The molecule has 0 saturated carbocycles. The zero-order chi connectivity index (χ0) is 9.30. The molecule has 12 heavy (non-hydrogen) atoms. The molecule has 0 atom stereocenters. The molecule has 0 radical (unpaired) electrons. The molecule has 66 valence electrons. The highest BCUT2D eigenvalue weighted by atomic mass is 19.2. The maximum Gasteiger partial charge on any atom is 0.201 e. The molecule has 1 rings (SSSR count). The Kier molecular flexibility index (Phi) is 2.26. The summed E-state index contributed by atoms with van der Waals surface area (Å²) < 4.78 is 42.6. The van der Waals surface area contributed by atoms with Crippen molar-refractivity contribution in [1.82, 2.24) is 0 Å². The Labute approximate surface area is 67.8 Å². The lowest BCUT2D eigenvalue weighted by atomic mass is 10.2. The lowest BCUT2D eigenvalue weighted by molar-refractivity contribution is 0.364. The molecular formula is C8H7F3O. The first-order valence-corrected chi connectivity index (χ1v) is 3.26. The van der Waals surface area contributed by atoms with Crippen LogP contribution in [-0.2, 0) is 0 Å². The lowest BCUT2D eigenvalue weighted by Crippen LogP contribution is -1.97. The van der Waals surface area contributed by atoms with Crippen molar-refractivity contribution in [3.8, 4) is 5.75 Å². The quantitative estimate of drug-likeness (QED) is 0.597. The van der Waals surface area contributed by atoms with E-state index in [0.717, 1.165) is 20.1 Å². The summed E-state index contributed by atoms with van der Waals surface area (Å²) in [5.74, 6) is -3.59. The Bertz CT molecular complexity index is 310. The number of rotatable bonds is 1. The van der Waals surface area contributed by atoms with Gasteiger partial charge in [0.15, 0.2) is 11.6 Å². The number of hydrogen-bond donors (Lipinski definition) is 0. The SMILES string of the molecule is COc1cc(F)c(C)c(F)c1F. The summed E-state index contributed by atoms with van der Waals surface area (Å²) in [6.07, 6.45) is 0. The van der Waals surface area contributed by atoms with E-state index in [2.05, 4.69) is 4.74 Å². The molecule has 0 aliphatic heterocycles. The van der Waals surface area contributed by atoms with Crippen LogP contribution in [0.25, 0.3) is 0 Å². The number of ether oxygens (including phenoxy) is 1. The minimum Gasteiger partial charge on any atom is -0.493 e. The van der Waals surface area contributed by atoms with Gasteiger partial charge in [-0.15, -0.1) is 0 Å². The van der Waals surface area contributed by atoms with Crippen LogP contribution in [0.3, 0.4) is 0 Å². The Morgan fingerprint density at radius 1 is 1.17 bits per heavy atom. The van der Waals surface area contributed by atoms with Crippen molar-refractivity contribution < 1.29 is 17.9 Å². The van der Waals surface area contributed by atoms with E-state index in [9.17, 15) is 13.2 Å². The minimum absolute atomic E-state index is 0.340. The van der Waals surface area contributed by atoms with E-state index >= 15 is 0 Å². The topological polar surface area (TPSA) is 9.23 Å². The van der Waals surface area contributed by atoms with Crippen LogP contribution in [-0.4, -0.2) is 7.11 Å². The summed E-state index contributed by atoms with van der Waals surface area (Å²) >= 11 is 0. The van der Waals surface area contributed by atoms with E-state index in [1.165, 1.54) is 0 Å². The first-order valence-electron chi connectivity index (χ1n) is 3.26. The van der Waals surface area contributed by atoms with Crippen LogP contribution < -0.4 is 4.74 Å². The predicted molar refractivity (Wildman–Crippen MR) is 37.6 cm³/mol. The molecule has 0 unspecified atom stereocenters. The molecule has 0 saturated heterocycles. The molecule has 0 heterocycles. The van der Waals surface area contributed by atoms with Crippen molar-refractivity contribution in [2.75, 3.05) is 7.11 Å². The second-order valence-corrected chi connectivity index (χ2v) is 2.31. The van der Waals surface area contributed by atoms with Gasteiger partial charge >= 0.3 is 0 Å². The third-order valence-corrected chi connectivity index (χ3v) is 1.57. The van der Waals surface area contributed by atoms with E-state index in [1.807, 2.05) is 0 Å². The van der Waals surface area contributed by atoms with E-state index < -0.39 is 23.2 Å². The number of methoxy groups -OCH3 is 1. The second-order valence-electron chi connectivity index (χ2n) is 2.31.